The van der Waals surface area contributed by atoms with Crippen molar-refractivity contribution in [2.24, 2.45) is 5.73 Å². The number of nitrogen functional groups attached to an aromatic ring is 1. The smallest absolute Gasteiger partial charge is 0.281 e. The Hall–Kier alpha value is -2.02. The lowest BCUT2D eigenvalue weighted by Gasteiger charge is -2.04. The number of carbonyl (C=O) groups is 1. The van der Waals surface area contributed by atoms with Crippen LogP contribution in [0.1, 0.15) is 16.2 Å². The Bertz CT molecular complexity index is 567. The molecule has 1 amide bonds. The third-order valence-corrected chi connectivity index (χ3v) is 2.87. The zero-order valence-corrected chi connectivity index (χ0v) is 9.82. The molecule has 1 aromatic heterocycles. The molecule has 4 N–H and O–H groups in total. The molecule has 2 aromatic rings. The number of anilines is 1. The maximum atomic E-state index is 11.2. The number of amides is 1. The fourth-order valence-corrected chi connectivity index (χ4v) is 2.15. The van der Waals surface area contributed by atoms with Crippen LogP contribution in [0.15, 0.2) is 32.7 Å². The monoisotopic (exact) mass is 250 g/mol. The molecular formula is C10H10N4O2S. The Balaban J connectivity index is 2.37. The number of hydrogen-bond donors (Lipinski definition) is 2. The lowest BCUT2D eigenvalue weighted by molar-refractivity contribution is 0.0997. The number of rotatable bonds is 3. The van der Waals surface area contributed by atoms with Crippen LogP contribution in [0.5, 0.6) is 0 Å². The van der Waals surface area contributed by atoms with Gasteiger partial charge < -0.3 is 15.9 Å². The van der Waals surface area contributed by atoms with Crippen LogP contribution in [0.4, 0.5) is 5.69 Å². The van der Waals surface area contributed by atoms with Gasteiger partial charge in [-0.15, -0.1) is 10.2 Å². The standard InChI is InChI=1S/C10H10N4O2S/c1-5-13-14-10(16-5)17-8-4-6(11)2-3-7(8)9(12)15/h2-4H,11H2,1H3,(H2,12,15). The Labute approximate surface area is 101 Å². The molecule has 0 saturated heterocycles. The van der Waals surface area contributed by atoms with Gasteiger partial charge in [0.25, 0.3) is 5.22 Å². The minimum atomic E-state index is -0.524. The van der Waals surface area contributed by atoms with Gasteiger partial charge in [-0.2, -0.15) is 0 Å². The fraction of sp³-hybridized carbons (Fsp3) is 0.100. The average molecular weight is 250 g/mol. The van der Waals surface area contributed by atoms with Crippen molar-refractivity contribution >= 4 is 23.4 Å². The summed E-state index contributed by atoms with van der Waals surface area (Å²) in [7, 11) is 0. The summed E-state index contributed by atoms with van der Waals surface area (Å²) >= 11 is 1.16. The van der Waals surface area contributed by atoms with Crippen LogP contribution < -0.4 is 11.5 Å². The van der Waals surface area contributed by atoms with Crippen molar-refractivity contribution in [3.63, 3.8) is 0 Å². The summed E-state index contributed by atoms with van der Waals surface area (Å²) in [6, 6.07) is 4.83. The Morgan fingerprint density at radius 1 is 1.41 bits per heavy atom. The van der Waals surface area contributed by atoms with Crippen molar-refractivity contribution in [2.45, 2.75) is 17.0 Å². The second-order valence-corrected chi connectivity index (χ2v) is 4.30. The zero-order valence-electron chi connectivity index (χ0n) is 9.01. The third kappa shape index (κ3) is 2.56. The van der Waals surface area contributed by atoms with Crippen molar-refractivity contribution in [3.05, 3.63) is 29.7 Å². The molecule has 0 radical (unpaired) electrons. The molecular weight excluding hydrogens is 240 g/mol. The van der Waals surface area contributed by atoms with Crippen LogP contribution in [-0.4, -0.2) is 16.1 Å². The maximum Gasteiger partial charge on any atom is 0.281 e. The van der Waals surface area contributed by atoms with Crippen molar-refractivity contribution in [1.82, 2.24) is 10.2 Å². The molecule has 88 valence electrons. The topological polar surface area (TPSA) is 108 Å². The van der Waals surface area contributed by atoms with E-state index in [0.717, 1.165) is 11.8 Å². The van der Waals surface area contributed by atoms with Gasteiger partial charge in [-0.1, -0.05) is 0 Å². The number of nitrogens with zero attached hydrogens (tertiary/aromatic N) is 2. The average Bonchev–Trinajstić information content (AvgIpc) is 2.63. The molecule has 0 bridgehead atoms. The molecule has 0 saturated carbocycles. The summed E-state index contributed by atoms with van der Waals surface area (Å²) in [4.78, 5) is 11.8. The summed E-state index contributed by atoms with van der Waals surface area (Å²) in [5.41, 5.74) is 11.8. The van der Waals surface area contributed by atoms with E-state index in [1.807, 2.05) is 0 Å². The van der Waals surface area contributed by atoms with Crippen LogP contribution >= 0.6 is 11.8 Å². The van der Waals surface area contributed by atoms with Crippen LogP contribution in [0, 0.1) is 6.92 Å². The van der Waals surface area contributed by atoms with Crippen LogP contribution in [-0.2, 0) is 0 Å². The third-order valence-electron chi connectivity index (χ3n) is 1.98. The summed E-state index contributed by atoms with van der Waals surface area (Å²) < 4.78 is 5.21. The molecule has 0 spiro atoms. The molecule has 7 heteroatoms. The van der Waals surface area contributed by atoms with E-state index in [4.69, 9.17) is 15.9 Å². The number of aryl methyl sites for hydroxylation is 1. The van der Waals surface area contributed by atoms with Gasteiger partial charge in [0, 0.05) is 17.5 Å². The maximum absolute atomic E-state index is 11.2. The molecule has 0 aliphatic rings. The number of carbonyl (C=O) groups excluding carboxylic acids is 1. The molecule has 0 unspecified atom stereocenters. The number of benzene rings is 1. The highest BCUT2D eigenvalue weighted by molar-refractivity contribution is 7.99. The first-order chi connectivity index (χ1) is 8.06. The van der Waals surface area contributed by atoms with E-state index in [0.29, 0.717) is 27.3 Å². The quantitative estimate of drug-likeness (QED) is 0.792. The first-order valence-electron chi connectivity index (χ1n) is 4.73. The van der Waals surface area contributed by atoms with Gasteiger partial charge >= 0.3 is 0 Å². The van der Waals surface area contributed by atoms with Gasteiger partial charge in [0.05, 0.1) is 5.56 Å². The predicted molar refractivity (Wildman–Crippen MR) is 62.5 cm³/mol. The van der Waals surface area contributed by atoms with E-state index >= 15 is 0 Å². The van der Waals surface area contributed by atoms with E-state index in [-0.39, 0.29) is 0 Å². The summed E-state index contributed by atoms with van der Waals surface area (Å²) in [6.45, 7) is 1.69. The molecule has 0 atom stereocenters. The van der Waals surface area contributed by atoms with Gasteiger partial charge in [0.15, 0.2) is 0 Å². The van der Waals surface area contributed by atoms with Crippen LogP contribution in [0.3, 0.4) is 0 Å². The molecule has 0 aliphatic carbocycles. The van der Waals surface area contributed by atoms with Crippen molar-refractivity contribution in [3.8, 4) is 0 Å². The summed E-state index contributed by atoms with van der Waals surface area (Å²) in [5, 5.41) is 7.86. The second-order valence-electron chi connectivity index (χ2n) is 3.31. The van der Waals surface area contributed by atoms with Crippen LogP contribution in [0.25, 0.3) is 0 Å². The normalized spacial score (nSPS) is 10.4. The minimum absolute atomic E-state index is 0.343. The van der Waals surface area contributed by atoms with Gasteiger partial charge in [-0.05, 0) is 30.0 Å². The van der Waals surface area contributed by atoms with Crippen molar-refractivity contribution < 1.29 is 9.21 Å². The van der Waals surface area contributed by atoms with Gasteiger partial charge in [0.1, 0.15) is 0 Å². The predicted octanol–water partition coefficient (Wildman–Crippen LogP) is 1.21. The lowest BCUT2D eigenvalue weighted by atomic mass is 10.2. The van der Waals surface area contributed by atoms with Crippen molar-refractivity contribution in [1.29, 1.82) is 0 Å². The molecule has 2 rings (SSSR count). The fourth-order valence-electron chi connectivity index (χ4n) is 1.24. The first kappa shape index (κ1) is 11.5. The zero-order chi connectivity index (χ0) is 12.4. The molecule has 17 heavy (non-hydrogen) atoms. The molecule has 6 nitrogen and oxygen atoms in total. The number of hydrogen-bond acceptors (Lipinski definition) is 6. The number of primary amides is 1. The lowest BCUT2D eigenvalue weighted by Crippen LogP contribution is -2.12. The van der Waals surface area contributed by atoms with Gasteiger partial charge in [0.2, 0.25) is 11.8 Å². The first-order valence-corrected chi connectivity index (χ1v) is 5.55. The second kappa shape index (κ2) is 4.46. The number of aromatic nitrogens is 2. The Kier molecular flexibility index (Phi) is 3.01. The van der Waals surface area contributed by atoms with E-state index in [1.54, 1.807) is 25.1 Å². The molecule has 0 aliphatic heterocycles. The van der Waals surface area contributed by atoms with E-state index < -0.39 is 5.91 Å². The summed E-state index contributed by atoms with van der Waals surface area (Å²) in [6.07, 6.45) is 0. The van der Waals surface area contributed by atoms with Gasteiger partial charge in [-0.3, -0.25) is 4.79 Å². The Morgan fingerprint density at radius 2 is 2.18 bits per heavy atom. The number of nitrogens with two attached hydrogens (primary N) is 2. The van der Waals surface area contributed by atoms with Crippen molar-refractivity contribution in [2.75, 3.05) is 5.73 Å². The highest BCUT2D eigenvalue weighted by Gasteiger charge is 2.13. The highest BCUT2D eigenvalue weighted by atomic mass is 32.2. The SMILES string of the molecule is Cc1nnc(Sc2cc(N)ccc2C(N)=O)o1. The molecule has 0 fully saturated rings. The van der Waals surface area contributed by atoms with Gasteiger partial charge in [-0.25, -0.2) is 0 Å². The highest BCUT2D eigenvalue weighted by Crippen LogP contribution is 2.30. The van der Waals surface area contributed by atoms with Crippen LogP contribution in [0.2, 0.25) is 0 Å². The molecule has 1 aromatic carbocycles. The summed E-state index contributed by atoms with van der Waals surface area (Å²) in [5.74, 6) is -0.0687. The van der Waals surface area contributed by atoms with E-state index in [9.17, 15) is 4.79 Å². The van der Waals surface area contributed by atoms with E-state index in [1.165, 1.54) is 0 Å². The molecule has 1 heterocycles. The minimum Gasteiger partial charge on any atom is -0.416 e. The largest absolute Gasteiger partial charge is 0.416 e. The Morgan fingerprint density at radius 3 is 2.76 bits per heavy atom. The van der Waals surface area contributed by atoms with E-state index in [2.05, 4.69) is 10.2 Å².